The van der Waals surface area contributed by atoms with Crippen LogP contribution < -0.4 is 5.32 Å². The van der Waals surface area contributed by atoms with Crippen LogP contribution in [0.25, 0.3) is 28.6 Å². The lowest BCUT2D eigenvalue weighted by Gasteiger charge is -2.08. The number of tetrazole rings is 1. The van der Waals surface area contributed by atoms with Crippen molar-refractivity contribution in [2.24, 2.45) is 0 Å². The highest BCUT2D eigenvalue weighted by molar-refractivity contribution is 7.98. The predicted molar refractivity (Wildman–Crippen MR) is 129 cm³/mol. The third-order valence-corrected chi connectivity index (χ3v) is 5.68. The molecule has 0 saturated carbocycles. The van der Waals surface area contributed by atoms with Gasteiger partial charge in [0.2, 0.25) is 16.9 Å². The normalized spacial score (nSPS) is 10.9. The van der Waals surface area contributed by atoms with Crippen LogP contribution in [0.1, 0.15) is 15.9 Å². The van der Waals surface area contributed by atoms with E-state index in [1.165, 1.54) is 11.8 Å². The van der Waals surface area contributed by atoms with Gasteiger partial charge < -0.3 is 9.73 Å². The first-order valence-electron chi connectivity index (χ1n) is 10.4. The predicted octanol–water partition coefficient (Wildman–Crippen LogP) is 4.66. The topological polar surface area (TPSA) is 112 Å². The fourth-order valence-corrected chi connectivity index (χ4v) is 3.82. The fraction of sp³-hybridized carbons (Fsp3) is 0.0833. The zero-order chi connectivity index (χ0) is 23.5. The fourth-order valence-electron chi connectivity index (χ4n) is 3.39. The Kier molecular flexibility index (Phi) is 5.88. The van der Waals surface area contributed by atoms with Gasteiger partial charge in [-0.3, -0.25) is 4.79 Å². The van der Waals surface area contributed by atoms with Crippen LogP contribution in [-0.4, -0.2) is 42.6 Å². The second-order valence-corrected chi connectivity index (χ2v) is 8.21. The number of nitrogens with one attached hydrogen (secondary N) is 1. The Labute approximate surface area is 199 Å². The van der Waals surface area contributed by atoms with Crippen molar-refractivity contribution < 1.29 is 9.21 Å². The third-order valence-electron chi connectivity index (χ3n) is 5.06. The number of aromatic nitrogens is 6. The van der Waals surface area contributed by atoms with Crippen molar-refractivity contribution in [1.29, 1.82) is 0 Å². The van der Waals surface area contributed by atoms with Gasteiger partial charge in [-0.05, 0) is 78.2 Å². The molecule has 0 unspecified atom stereocenters. The zero-order valence-corrected chi connectivity index (χ0v) is 19.2. The highest BCUT2D eigenvalue weighted by atomic mass is 32.2. The van der Waals surface area contributed by atoms with Gasteiger partial charge in [0.1, 0.15) is 0 Å². The molecule has 168 valence electrons. The van der Waals surface area contributed by atoms with Crippen molar-refractivity contribution >= 4 is 23.4 Å². The van der Waals surface area contributed by atoms with Crippen LogP contribution in [0, 0.1) is 6.92 Å². The Morgan fingerprint density at radius 1 is 0.912 bits per heavy atom. The minimum atomic E-state index is -0.239. The summed E-state index contributed by atoms with van der Waals surface area (Å²) < 4.78 is 7.45. The van der Waals surface area contributed by atoms with E-state index in [1.807, 2.05) is 61.7 Å². The lowest BCUT2D eigenvalue weighted by Crippen LogP contribution is -2.12. The Balaban J connectivity index is 1.31. The third kappa shape index (κ3) is 4.44. The molecule has 0 atom stereocenters. The van der Waals surface area contributed by atoms with Crippen LogP contribution in [0.2, 0.25) is 0 Å². The molecule has 0 spiro atoms. The first-order chi connectivity index (χ1) is 16.6. The van der Waals surface area contributed by atoms with Crippen molar-refractivity contribution in [3.8, 4) is 28.6 Å². The largest absolute Gasteiger partial charge is 0.416 e. The van der Waals surface area contributed by atoms with Crippen molar-refractivity contribution in [3.63, 3.8) is 0 Å². The van der Waals surface area contributed by atoms with E-state index in [0.717, 1.165) is 22.4 Å². The van der Waals surface area contributed by atoms with Crippen LogP contribution in [-0.2, 0) is 0 Å². The summed E-state index contributed by atoms with van der Waals surface area (Å²) >= 11 is 1.44. The SMILES string of the molecule is CSc1nnnn1-c1cccc(NC(=O)c2ccc(-c3nnc(-c4cccc(C)c4)o3)cc2)c1. The number of aryl methyl sites for hydroxylation is 1. The van der Waals surface area contributed by atoms with Gasteiger partial charge in [0.15, 0.2) is 0 Å². The second kappa shape index (κ2) is 9.28. The summed E-state index contributed by atoms with van der Waals surface area (Å²) in [6, 6.07) is 22.2. The maximum absolute atomic E-state index is 12.8. The van der Waals surface area contributed by atoms with Gasteiger partial charge in [0.25, 0.3) is 5.91 Å². The number of carbonyl (C=O) groups is 1. The number of hydrogen-bond acceptors (Lipinski definition) is 8. The maximum Gasteiger partial charge on any atom is 0.255 e. The molecule has 0 aliphatic rings. The number of nitrogens with zero attached hydrogens (tertiary/aromatic N) is 6. The average Bonchev–Trinajstić information content (AvgIpc) is 3.54. The number of amides is 1. The molecule has 34 heavy (non-hydrogen) atoms. The molecule has 0 aliphatic carbocycles. The average molecular weight is 470 g/mol. The summed E-state index contributed by atoms with van der Waals surface area (Å²) in [7, 11) is 0. The highest BCUT2D eigenvalue weighted by Gasteiger charge is 2.13. The summed E-state index contributed by atoms with van der Waals surface area (Å²) in [6.07, 6.45) is 1.90. The van der Waals surface area contributed by atoms with Crippen LogP contribution in [0.15, 0.2) is 82.4 Å². The number of rotatable bonds is 6. The molecule has 0 radical (unpaired) electrons. The first kappa shape index (κ1) is 21.5. The standard InChI is InChI=1S/C24H19N7O2S/c1-15-5-3-6-18(13-15)23-27-26-22(33-23)17-11-9-16(10-12-17)21(32)25-19-7-4-8-20(14-19)31-24(34-2)28-29-30-31/h3-14H,1-2H3,(H,25,32). The molecular weight excluding hydrogens is 450 g/mol. The van der Waals surface area contributed by atoms with Gasteiger partial charge in [0, 0.05) is 22.4 Å². The van der Waals surface area contributed by atoms with E-state index in [0.29, 0.717) is 28.2 Å². The quantitative estimate of drug-likeness (QED) is 0.357. The molecule has 3 aromatic carbocycles. The van der Waals surface area contributed by atoms with Crippen molar-refractivity contribution in [1.82, 2.24) is 30.4 Å². The van der Waals surface area contributed by atoms with E-state index in [2.05, 4.69) is 31.0 Å². The summed E-state index contributed by atoms with van der Waals surface area (Å²) in [6.45, 7) is 2.01. The molecule has 2 aromatic heterocycles. The molecule has 2 heterocycles. The van der Waals surface area contributed by atoms with E-state index in [9.17, 15) is 4.79 Å². The van der Waals surface area contributed by atoms with E-state index in [-0.39, 0.29) is 5.91 Å². The Morgan fingerprint density at radius 3 is 2.44 bits per heavy atom. The van der Waals surface area contributed by atoms with E-state index in [4.69, 9.17) is 4.42 Å². The summed E-state index contributed by atoms with van der Waals surface area (Å²) in [5.74, 6) is 0.603. The number of benzene rings is 3. The van der Waals surface area contributed by atoms with Crippen molar-refractivity contribution in [2.45, 2.75) is 12.1 Å². The van der Waals surface area contributed by atoms with Gasteiger partial charge >= 0.3 is 0 Å². The Bertz CT molecular complexity index is 1460. The van der Waals surface area contributed by atoms with Crippen molar-refractivity contribution in [2.75, 3.05) is 11.6 Å². The van der Waals surface area contributed by atoms with Crippen LogP contribution >= 0.6 is 11.8 Å². The van der Waals surface area contributed by atoms with Gasteiger partial charge in [-0.1, -0.05) is 35.5 Å². The van der Waals surface area contributed by atoms with E-state index in [1.54, 1.807) is 28.9 Å². The summed E-state index contributed by atoms with van der Waals surface area (Å²) in [4.78, 5) is 12.8. The lowest BCUT2D eigenvalue weighted by molar-refractivity contribution is 0.102. The monoisotopic (exact) mass is 469 g/mol. The Hall–Kier alpha value is -4.31. The van der Waals surface area contributed by atoms with Crippen molar-refractivity contribution in [3.05, 3.63) is 83.9 Å². The number of anilines is 1. The molecule has 5 rings (SSSR count). The first-order valence-corrected chi connectivity index (χ1v) is 11.6. The van der Waals surface area contributed by atoms with Gasteiger partial charge in [-0.15, -0.1) is 15.3 Å². The van der Waals surface area contributed by atoms with Crippen LogP contribution in [0.3, 0.4) is 0 Å². The van der Waals surface area contributed by atoms with Gasteiger partial charge in [0.05, 0.1) is 5.69 Å². The van der Waals surface area contributed by atoms with Crippen LogP contribution in [0.5, 0.6) is 0 Å². The smallest absolute Gasteiger partial charge is 0.255 e. The van der Waals surface area contributed by atoms with Gasteiger partial charge in [-0.25, -0.2) is 0 Å². The molecule has 0 aliphatic heterocycles. The zero-order valence-electron chi connectivity index (χ0n) is 18.3. The number of hydrogen-bond donors (Lipinski definition) is 1. The lowest BCUT2D eigenvalue weighted by atomic mass is 10.1. The minimum absolute atomic E-state index is 0.239. The molecule has 0 fully saturated rings. The highest BCUT2D eigenvalue weighted by Crippen LogP contribution is 2.25. The van der Waals surface area contributed by atoms with Gasteiger partial charge in [-0.2, -0.15) is 4.68 Å². The maximum atomic E-state index is 12.8. The summed E-state index contributed by atoms with van der Waals surface area (Å²) in [5.41, 5.74) is 4.59. The molecule has 0 bridgehead atoms. The molecule has 10 heteroatoms. The van der Waals surface area contributed by atoms with E-state index >= 15 is 0 Å². The molecule has 1 N–H and O–H groups in total. The number of thioether (sulfide) groups is 1. The summed E-state index contributed by atoms with van der Waals surface area (Å²) in [5, 5.41) is 23.5. The van der Waals surface area contributed by atoms with Crippen LogP contribution in [0.4, 0.5) is 5.69 Å². The Morgan fingerprint density at radius 2 is 1.68 bits per heavy atom. The molecular formula is C24H19N7O2S. The van der Waals surface area contributed by atoms with E-state index < -0.39 is 0 Å². The molecule has 0 saturated heterocycles. The molecule has 9 nitrogen and oxygen atoms in total. The molecule has 1 amide bonds. The minimum Gasteiger partial charge on any atom is -0.416 e. The number of carbonyl (C=O) groups excluding carboxylic acids is 1. The second-order valence-electron chi connectivity index (χ2n) is 7.44. The molecule has 5 aromatic rings.